The summed E-state index contributed by atoms with van der Waals surface area (Å²) in [6.07, 6.45) is 0. The molecule has 0 spiro atoms. The molecule has 0 aliphatic carbocycles. The van der Waals surface area contributed by atoms with Crippen molar-refractivity contribution in [2.75, 3.05) is 4.90 Å². The van der Waals surface area contributed by atoms with E-state index in [0.29, 0.717) is 0 Å². The van der Waals surface area contributed by atoms with Crippen LogP contribution in [-0.2, 0) is 0 Å². The Morgan fingerprint density at radius 3 is 1.71 bits per heavy atom. The van der Waals surface area contributed by atoms with Gasteiger partial charge in [0, 0.05) is 33.0 Å². The smallest absolute Gasteiger partial charge is 0.143 e. The largest absolute Gasteiger partial charge is 0.456 e. The molecule has 8 aromatic carbocycles. The summed E-state index contributed by atoms with van der Waals surface area (Å²) in [5.74, 6) is 0. The third-order valence-electron chi connectivity index (χ3n) is 9.89. The third-order valence-corrected chi connectivity index (χ3v) is 9.89. The fraction of sp³-hybridized carbons (Fsp3) is 0. The molecular formula is C48H31NO2. The summed E-state index contributed by atoms with van der Waals surface area (Å²) in [7, 11) is 0. The lowest BCUT2D eigenvalue weighted by molar-refractivity contribution is 0.669. The lowest BCUT2D eigenvalue weighted by Crippen LogP contribution is -2.11. The van der Waals surface area contributed by atoms with Crippen molar-refractivity contribution in [3.63, 3.8) is 0 Å². The summed E-state index contributed by atoms with van der Waals surface area (Å²) >= 11 is 0. The maximum atomic E-state index is 6.43. The van der Waals surface area contributed by atoms with Gasteiger partial charge in [-0.2, -0.15) is 0 Å². The first-order chi connectivity index (χ1) is 25.3. The summed E-state index contributed by atoms with van der Waals surface area (Å²) in [6.45, 7) is 0. The van der Waals surface area contributed by atoms with Crippen molar-refractivity contribution in [1.29, 1.82) is 0 Å². The van der Waals surface area contributed by atoms with Crippen LogP contribution >= 0.6 is 0 Å². The maximum Gasteiger partial charge on any atom is 0.143 e. The van der Waals surface area contributed by atoms with Crippen LogP contribution in [0.2, 0.25) is 0 Å². The molecule has 0 fully saturated rings. The van der Waals surface area contributed by atoms with Crippen LogP contribution in [0.25, 0.3) is 77.3 Å². The van der Waals surface area contributed by atoms with Gasteiger partial charge in [0.25, 0.3) is 0 Å². The van der Waals surface area contributed by atoms with Gasteiger partial charge in [-0.25, -0.2) is 0 Å². The van der Waals surface area contributed by atoms with E-state index in [2.05, 4.69) is 169 Å². The average Bonchev–Trinajstić information content (AvgIpc) is 3.78. The quantitative estimate of drug-likeness (QED) is 0.179. The van der Waals surface area contributed by atoms with Crippen molar-refractivity contribution in [2.24, 2.45) is 0 Å². The number of benzene rings is 8. The Morgan fingerprint density at radius 1 is 0.333 bits per heavy atom. The number of nitrogens with zero attached hydrogens (tertiary/aromatic N) is 1. The summed E-state index contributed by atoms with van der Waals surface area (Å²) in [6, 6.07) is 66.2. The number of furan rings is 2. The molecular weight excluding hydrogens is 623 g/mol. The van der Waals surface area contributed by atoms with Crippen molar-refractivity contribution in [1.82, 2.24) is 0 Å². The van der Waals surface area contributed by atoms with Gasteiger partial charge in [-0.1, -0.05) is 140 Å². The van der Waals surface area contributed by atoms with Crippen molar-refractivity contribution >= 4 is 60.9 Å². The van der Waals surface area contributed by atoms with Crippen LogP contribution < -0.4 is 4.90 Å². The average molecular weight is 654 g/mol. The van der Waals surface area contributed by atoms with E-state index in [1.165, 1.54) is 11.1 Å². The molecule has 51 heavy (non-hydrogen) atoms. The molecule has 240 valence electrons. The predicted molar refractivity (Wildman–Crippen MR) is 212 cm³/mol. The van der Waals surface area contributed by atoms with Gasteiger partial charge in [0.15, 0.2) is 0 Å². The second kappa shape index (κ2) is 11.9. The van der Waals surface area contributed by atoms with Gasteiger partial charge in [0.2, 0.25) is 0 Å². The summed E-state index contributed by atoms with van der Waals surface area (Å²) in [4.78, 5) is 2.38. The van der Waals surface area contributed by atoms with Crippen molar-refractivity contribution < 1.29 is 8.83 Å². The van der Waals surface area contributed by atoms with E-state index in [1.807, 2.05) is 24.3 Å². The first-order valence-corrected chi connectivity index (χ1v) is 17.3. The lowest BCUT2D eigenvalue weighted by Gasteiger charge is -2.29. The highest BCUT2D eigenvalue weighted by atomic mass is 16.3. The van der Waals surface area contributed by atoms with Crippen LogP contribution in [0, 0.1) is 0 Å². The van der Waals surface area contributed by atoms with Crippen LogP contribution in [0.1, 0.15) is 0 Å². The highest BCUT2D eigenvalue weighted by molar-refractivity contribution is 6.14. The Morgan fingerprint density at radius 2 is 0.922 bits per heavy atom. The van der Waals surface area contributed by atoms with Crippen LogP contribution in [0.4, 0.5) is 17.1 Å². The Balaban J connectivity index is 1.20. The first kappa shape index (κ1) is 29.1. The number of para-hydroxylation sites is 3. The molecule has 0 saturated carbocycles. The zero-order valence-corrected chi connectivity index (χ0v) is 27.7. The standard InChI is InChI=1S/C48H31NO2/c1-3-13-32(14-4-1)35-27-30-42(41(31-35)33-15-5-2-6-16-33)49(43-21-12-24-46-47(43)40-18-8-10-23-45(40)50-46)36-28-25-34(26-29-36)37-19-11-20-39-38-17-7-9-22-44(38)51-48(37)39/h1-31H. The second-order valence-electron chi connectivity index (χ2n) is 12.9. The molecule has 0 radical (unpaired) electrons. The van der Waals surface area contributed by atoms with Crippen molar-refractivity contribution in [3.8, 4) is 33.4 Å². The van der Waals surface area contributed by atoms with Crippen LogP contribution in [-0.4, -0.2) is 0 Å². The first-order valence-electron chi connectivity index (χ1n) is 17.3. The van der Waals surface area contributed by atoms with Crippen LogP contribution in [0.3, 0.4) is 0 Å². The van der Waals surface area contributed by atoms with E-state index in [4.69, 9.17) is 8.83 Å². The molecule has 0 atom stereocenters. The SMILES string of the molecule is c1ccc(-c2ccc(N(c3ccc(-c4cccc5c4oc4ccccc45)cc3)c3cccc4oc5ccccc5c34)c(-c3ccccc3)c2)cc1. The zero-order chi connectivity index (χ0) is 33.7. The van der Waals surface area contributed by atoms with Crippen LogP contribution in [0.15, 0.2) is 197 Å². The van der Waals surface area contributed by atoms with E-state index in [1.54, 1.807) is 0 Å². The van der Waals surface area contributed by atoms with Gasteiger partial charge in [-0.05, 0) is 70.8 Å². The van der Waals surface area contributed by atoms with Gasteiger partial charge in [-0.15, -0.1) is 0 Å². The predicted octanol–water partition coefficient (Wildman–Crippen LogP) is 14.0. The summed E-state index contributed by atoms with van der Waals surface area (Å²) < 4.78 is 12.8. The van der Waals surface area contributed by atoms with Crippen molar-refractivity contribution in [2.45, 2.75) is 0 Å². The van der Waals surface area contributed by atoms with Crippen LogP contribution in [0.5, 0.6) is 0 Å². The highest BCUT2D eigenvalue weighted by Gasteiger charge is 2.23. The van der Waals surface area contributed by atoms with E-state index in [9.17, 15) is 0 Å². The Bertz CT molecular complexity index is 2850. The molecule has 0 aliphatic heterocycles. The lowest BCUT2D eigenvalue weighted by atomic mass is 9.95. The highest BCUT2D eigenvalue weighted by Crippen LogP contribution is 2.47. The fourth-order valence-corrected chi connectivity index (χ4v) is 7.50. The van der Waals surface area contributed by atoms with Gasteiger partial charge in [0.05, 0.1) is 16.8 Å². The number of rotatable bonds is 6. The Labute approximate surface area is 295 Å². The minimum atomic E-state index is 0.856. The molecule has 10 aromatic rings. The Kier molecular flexibility index (Phi) is 6.81. The fourth-order valence-electron chi connectivity index (χ4n) is 7.50. The minimum Gasteiger partial charge on any atom is -0.456 e. The number of fused-ring (bicyclic) bond motifs is 6. The van der Waals surface area contributed by atoms with Gasteiger partial charge < -0.3 is 13.7 Å². The van der Waals surface area contributed by atoms with E-state index >= 15 is 0 Å². The molecule has 2 aromatic heterocycles. The molecule has 2 heterocycles. The molecule has 3 heteroatoms. The molecule has 10 rings (SSSR count). The van der Waals surface area contributed by atoms with E-state index < -0.39 is 0 Å². The van der Waals surface area contributed by atoms with Gasteiger partial charge in [0.1, 0.15) is 22.3 Å². The molecule has 3 nitrogen and oxygen atoms in total. The number of hydrogen-bond donors (Lipinski definition) is 0. The monoisotopic (exact) mass is 653 g/mol. The number of hydrogen-bond acceptors (Lipinski definition) is 3. The zero-order valence-electron chi connectivity index (χ0n) is 27.7. The normalized spacial score (nSPS) is 11.5. The summed E-state index contributed by atoms with van der Waals surface area (Å²) in [5, 5.41) is 4.42. The van der Waals surface area contributed by atoms with Gasteiger partial charge >= 0.3 is 0 Å². The molecule has 0 aliphatic rings. The topological polar surface area (TPSA) is 29.5 Å². The third kappa shape index (κ3) is 4.90. The maximum absolute atomic E-state index is 6.43. The van der Waals surface area contributed by atoms with E-state index in [0.717, 1.165) is 83.2 Å². The van der Waals surface area contributed by atoms with E-state index in [-0.39, 0.29) is 0 Å². The molecule has 0 N–H and O–H groups in total. The molecule has 0 unspecified atom stereocenters. The summed E-state index contributed by atoms with van der Waals surface area (Å²) in [5.41, 5.74) is 13.5. The second-order valence-corrected chi connectivity index (χ2v) is 12.9. The van der Waals surface area contributed by atoms with Crippen molar-refractivity contribution in [3.05, 3.63) is 188 Å². The van der Waals surface area contributed by atoms with Gasteiger partial charge in [-0.3, -0.25) is 0 Å². The number of anilines is 3. The Hall–Kier alpha value is -6.84. The molecule has 0 saturated heterocycles. The minimum absolute atomic E-state index is 0.856. The molecule has 0 amide bonds. The molecule has 0 bridgehead atoms.